The summed E-state index contributed by atoms with van der Waals surface area (Å²) in [6, 6.07) is 7.47. The van der Waals surface area contributed by atoms with Crippen molar-refractivity contribution in [3.05, 3.63) is 34.9 Å². The molecule has 3 nitrogen and oxygen atoms in total. The Hall–Kier alpha value is -0.820. The van der Waals surface area contributed by atoms with Crippen molar-refractivity contribution >= 4 is 11.6 Å². The van der Waals surface area contributed by atoms with E-state index < -0.39 is 12.7 Å². The van der Waals surface area contributed by atoms with Crippen molar-refractivity contribution in [2.24, 2.45) is 5.73 Å². The summed E-state index contributed by atoms with van der Waals surface area (Å²) in [7, 11) is 0. The number of alkyl halides is 3. The first-order valence-electron chi connectivity index (χ1n) is 6.88. The van der Waals surface area contributed by atoms with E-state index >= 15 is 0 Å². The molecule has 1 atom stereocenters. The van der Waals surface area contributed by atoms with E-state index in [1.165, 1.54) is 4.90 Å². The second-order valence-corrected chi connectivity index (χ2v) is 5.67. The maximum atomic E-state index is 12.4. The molecule has 1 unspecified atom stereocenters. The van der Waals surface area contributed by atoms with E-state index in [-0.39, 0.29) is 6.04 Å². The van der Waals surface area contributed by atoms with Crippen LogP contribution in [0.2, 0.25) is 5.02 Å². The molecule has 1 aromatic carbocycles. The maximum absolute atomic E-state index is 12.4. The Labute approximate surface area is 127 Å². The van der Waals surface area contributed by atoms with E-state index in [4.69, 9.17) is 17.3 Å². The molecule has 0 spiro atoms. The van der Waals surface area contributed by atoms with Gasteiger partial charge in [-0.05, 0) is 17.7 Å². The molecular formula is C14H19ClF3N3. The van der Waals surface area contributed by atoms with Crippen LogP contribution in [-0.4, -0.2) is 55.2 Å². The van der Waals surface area contributed by atoms with Gasteiger partial charge in [0.05, 0.1) is 6.54 Å². The lowest BCUT2D eigenvalue weighted by Crippen LogP contribution is -2.51. The van der Waals surface area contributed by atoms with Crippen molar-refractivity contribution in [3.63, 3.8) is 0 Å². The Morgan fingerprint density at radius 1 is 1.10 bits per heavy atom. The smallest absolute Gasteiger partial charge is 0.329 e. The molecular weight excluding hydrogens is 303 g/mol. The van der Waals surface area contributed by atoms with Gasteiger partial charge in [-0.15, -0.1) is 0 Å². The van der Waals surface area contributed by atoms with Gasteiger partial charge in [0, 0.05) is 43.8 Å². The van der Waals surface area contributed by atoms with Gasteiger partial charge in [-0.25, -0.2) is 0 Å². The van der Waals surface area contributed by atoms with Gasteiger partial charge >= 0.3 is 6.18 Å². The number of nitrogens with two attached hydrogens (primary N) is 1. The topological polar surface area (TPSA) is 32.5 Å². The van der Waals surface area contributed by atoms with Crippen LogP contribution in [0.3, 0.4) is 0 Å². The summed E-state index contributed by atoms with van der Waals surface area (Å²) in [4.78, 5) is 3.57. The van der Waals surface area contributed by atoms with E-state index in [0.29, 0.717) is 37.7 Å². The van der Waals surface area contributed by atoms with Crippen LogP contribution in [0, 0.1) is 0 Å². The Morgan fingerprint density at radius 2 is 1.67 bits per heavy atom. The van der Waals surface area contributed by atoms with Gasteiger partial charge in [0.2, 0.25) is 0 Å². The minimum atomic E-state index is -4.13. The number of rotatable bonds is 4. The predicted octanol–water partition coefficient (Wildman–Crippen LogP) is 2.52. The zero-order valence-corrected chi connectivity index (χ0v) is 12.4. The van der Waals surface area contributed by atoms with Crippen LogP contribution in [0.25, 0.3) is 0 Å². The number of piperazine rings is 1. The van der Waals surface area contributed by atoms with Gasteiger partial charge in [-0.3, -0.25) is 9.80 Å². The van der Waals surface area contributed by atoms with Crippen LogP contribution in [0.15, 0.2) is 24.3 Å². The van der Waals surface area contributed by atoms with E-state index in [9.17, 15) is 13.2 Å². The molecule has 0 aliphatic carbocycles. The summed E-state index contributed by atoms with van der Waals surface area (Å²) in [5.41, 5.74) is 6.89. The molecule has 0 saturated carbocycles. The molecule has 1 aromatic rings. The quantitative estimate of drug-likeness (QED) is 0.925. The zero-order valence-electron chi connectivity index (χ0n) is 11.6. The molecule has 1 fully saturated rings. The minimum absolute atomic E-state index is 0.0234. The van der Waals surface area contributed by atoms with Crippen LogP contribution in [-0.2, 0) is 0 Å². The fourth-order valence-corrected chi connectivity index (χ4v) is 2.79. The highest BCUT2D eigenvalue weighted by atomic mass is 35.5. The Morgan fingerprint density at radius 3 is 2.14 bits per heavy atom. The number of nitrogens with zero attached hydrogens (tertiary/aromatic N) is 2. The molecule has 0 aromatic heterocycles. The lowest BCUT2D eigenvalue weighted by atomic mass is 10.0. The molecule has 2 N–H and O–H groups in total. The molecule has 2 rings (SSSR count). The zero-order chi connectivity index (χ0) is 15.5. The maximum Gasteiger partial charge on any atom is 0.401 e. The van der Waals surface area contributed by atoms with Crippen LogP contribution in [0.5, 0.6) is 0 Å². The largest absolute Gasteiger partial charge is 0.401 e. The molecule has 0 radical (unpaired) electrons. The number of hydrogen-bond donors (Lipinski definition) is 1. The average Bonchev–Trinajstić information content (AvgIpc) is 2.42. The number of hydrogen-bond acceptors (Lipinski definition) is 3. The minimum Gasteiger partial charge on any atom is -0.329 e. The number of benzene rings is 1. The molecule has 0 amide bonds. The van der Waals surface area contributed by atoms with E-state index in [1.807, 2.05) is 12.1 Å². The second-order valence-electron chi connectivity index (χ2n) is 5.23. The van der Waals surface area contributed by atoms with Crippen LogP contribution < -0.4 is 5.73 Å². The van der Waals surface area contributed by atoms with Crippen molar-refractivity contribution < 1.29 is 13.2 Å². The van der Waals surface area contributed by atoms with Crippen molar-refractivity contribution in [2.45, 2.75) is 12.2 Å². The third-order valence-corrected chi connectivity index (χ3v) is 3.98. The molecule has 118 valence electrons. The highest BCUT2D eigenvalue weighted by Crippen LogP contribution is 2.24. The van der Waals surface area contributed by atoms with Gasteiger partial charge in [0.25, 0.3) is 0 Å². The van der Waals surface area contributed by atoms with Gasteiger partial charge in [-0.2, -0.15) is 13.2 Å². The standard InChI is InChI=1S/C14H19ClF3N3/c15-12-3-1-11(2-4-12)13(9-19)21-7-5-20(6-8-21)10-14(16,17)18/h1-4,13H,5-10,19H2. The molecule has 1 saturated heterocycles. The first-order chi connectivity index (χ1) is 9.89. The van der Waals surface area contributed by atoms with Crippen LogP contribution >= 0.6 is 11.6 Å². The first kappa shape index (κ1) is 16.5. The third-order valence-electron chi connectivity index (χ3n) is 3.73. The summed E-state index contributed by atoms with van der Waals surface area (Å²) >= 11 is 5.87. The lowest BCUT2D eigenvalue weighted by Gasteiger charge is -2.39. The van der Waals surface area contributed by atoms with Crippen molar-refractivity contribution in [2.75, 3.05) is 39.3 Å². The average molecular weight is 322 g/mol. The van der Waals surface area contributed by atoms with Gasteiger partial charge < -0.3 is 5.73 Å². The Kier molecular flexibility index (Phi) is 5.48. The normalized spacial score (nSPS) is 19.7. The van der Waals surface area contributed by atoms with Crippen molar-refractivity contribution in [1.29, 1.82) is 0 Å². The predicted molar refractivity (Wildman–Crippen MR) is 77.3 cm³/mol. The lowest BCUT2D eigenvalue weighted by molar-refractivity contribution is -0.149. The summed E-state index contributed by atoms with van der Waals surface area (Å²) in [5, 5.41) is 0.657. The molecule has 0 bridgehead atoms. The van der Waals surface area contributed by atoms with E-state index in [1.54, 1.807) is 12.1 Å². The van der Waals surface area contributed by atoms with Crippen molar-refractivity contribution in [3.8, 4) is 0 Å². The molecule has 7 heteroatoms. The van der Waals surface area contributed by atoms with Crippen molar-refractivity contribution in [1.82, 2.24) is 9.80 Å². The summed E-state index contributed by atoms with van der Waals surface area (Å²) < 4.78 is 37.1. The monoisotopic (exact) mass is 321 g/mol. The van der Waals surface area contributed by atoms with E-state index in [0.717, 1.165) is 5.56 Å². The fraction of sp³-hybridized carbons (Fsp3) is 0.571. The molecule has 1 heterocycles. The third kappa shape index (κ3) is 4.85. The molecule has 1 aliphatic heterocycles. The fourth-order valence-electron chi connectivity index (χ4n) is 2.67. The molecule has 21 heavy (non-hydrogen) atoms. The highest BCUT2D eigenvalue weighted by Gasteiger charge is 2.33. The summed E-state index contributed by atoms with van der Waals surface area (Å²) in [5.74, 6) is 0. The van der Waals surface area contributed by atoms with Gasteiger partial charge in [-0.1, -0.05) is 23.7 Å². The summed E-state index contributed by atoms with van der Waals surface area (Å²) in [6.45, 7) is 1.57. The Bertz CT molecular complexity index is 442. The highest BCUT2D eigenvalue weighted by molar-refractivity contribution is 6.30. The van der Waals surface area contributed by atoms with Crippen LogP contribution in [0.1, 0.15) is 11.6 Å². The Balaban J connectivity index is 1.95. The van der Waals surface area contributed by atoms with Gasteiger partial charge in [0.1, 0.15) is 0 Å². The molecule has 1 aliphatic rings. The van der Waals surface area contributed by atoms with E-state index in [2.05, 4.69) is 4.90 Å². The number of halogens is 4. The first-order valence-corrected chi connectivity index (χ1v) is 7.25. The summed E-state index contributed by atoms with van der Waals surface area (Å²) in [6.07, 6.45) is -4.13. The second kappa shape index (κ2) is 6.96. The SMILES string of the molecule is NCC(c1ccc(Cl)cc1)N1CCN(CC(F)(F)F)CC1. The van der Waals surface area contributed by atoms with Gasteiger partial charge in [0.15, 0.2) is 0 Å². The van der Waals surface area contributed by atoms with Crippen LogP contribution in [0.4, 0.5) is 13.2 Å².